The number of aromatic nitrogens is 1. The number of hydrogen-bond donors (Lipinski definition) is 1. The van der Waals surface area contributed by atoms with E-state index in [4.69, 9.17) is 4.74 Å². The molecule has 1 amide bonds. The first-order valence-corrected chi connectivity index (χ1v) is 7.22. The second-order valence-electron chi connectivity index (χ2n) is 5.32. The lowest BCUT2D eigenvalue weighted by atomic mass is 10.1. The van der Waals surface area contributed by atoms with Crippen molar-refractivity contribution in [1.82, 2.24) is 9.88 Å². The van der Waals surface area contributed by atoms with E-state index in [2.05, 4.69) is 4.98 Å². The van der Waals surface area contributed by atoms with E-state index in [1.54, 1.807) is 0 Å². The van der Waals surface area contributed by atoms with Gasteiger partial charge in [-0.15, -0.1) is 0 Å². The van der Waals surface area contributed by atoms with Crippen LogP contribution in [0, 0.1) is 5.92 Å². The Labute approximate surface area is 118 Å². The molecule has 0 saturated carbocycles. The summed E-state index contributed by atoms with van der Waals surface area (Å²) in [5.74, 6) is 0.592. The number of H-pyrrole nitrogens is 1. The predicted molar refractivity (Wildman–Crippen MR) is 78.8 cm³/mol. The topological polar surface area (TPSA) is 45.3 Å². The Morgan fingerprint density at radius 1 is 1.45 bits per heavy atom. The lowest BCUT2D eigenvalue weighted by molar-refractivity contribution is 0.0733. The lowest BCUT2D eigenvalue weighted by Crippen LogP contribution is -2.35. The van der Waals surface area contributed by atoms with E-state index in [1.165, 1.54) is 0 Å². The van der Waals surface area contributed by atoms with Crippen molar-refractivity contribution in [3.8, 4) is 0 Å². The van der Waals surface area contributed by atoms with Gasteiger partial charge < -0.3 is 14.6 Å². The Hall–Kier alpha value is -1.81. The Morgan fingerprint density at radius 3 is 3.10 bits per heavy atom. The molecular formula is C16H20N2O2. The average molecular weight is 272 g/mol. The van der Waals surface area contributed by atoms with Gasteiger partial charge in [0.1, 0.15) is 0 Å². The van der Waals surface area contributed by atoms with Crippen LogP contribution >= 0.6 is 0 Å². The zero-order valence-corrected chi connectivity index (χ0v) is 11.8. The predicted octanol–water partition coefficient (Wildman–Crippen LogP) is 2.67. The SMILES string of the molecule is CCN(CC1CCOC1)C(=O)c1cccc2[nH]ccc12. The maximum atomic E-state index is 12.7. The maximum Gasteiger partial charge on any atom is 0.254 e. The summed E-state index contributed by atoms with van der Waals surface area (Å²) in [4.78, 5) is 17.8. The molecule has 1 fully saturated rings. The van der Waals surface area contributed by atoms with E-state index >= 15 is 0 Å². The summed E-state index contributed by atoms with van der Waals surface area (Å²) in [7, 11) is 0. The fraction of sp³-hybridized carbons (Fsp3) is 0.438. The van der Waals surface area contributed by atoms with Gasteiger partial charge in [0.2, 0.25) is 0 Å². The van der Waals surface area contributed by atoms with Crippen LogP contribution in [0.2, 0.25) is 0 Å². The van der Waals surface area contributed by atoms with E-state index in [-0.39, 0.29) is 5.91 Å². The van der Waals surface area contributed by atoms with Crippen molar-refractivity contribution in [2.24, 2.45) is 5.92 Å². The monoisotopic (exact) mass is 272 g/mol. The van der Waals surface area contributed by atoms with Gasteiger partial charge in [-0.3, -0.25) is 4.79 Å². The van der Waals surface area contributed by atoms with E-state index in [9.17, 15) is 4.79 Å². The second kappa shape index (κ2) is 5.67. The smallest absolute Gasteiger partial charge is 0.254 e. The van der Waals surface area contributed by atoms with Crippen molar-refractivity contribution in [3.05, 3.63) is 36.0 Å². The molecule has 1 aromatic carbocycles. The van der Waals surface area contributed by atoms with Crippen LogP contribution in [-0.4, -0.2) is 42.1 Å². The number of nitrogens with zero attached hydrogens (tertiary/aromatic N) is 1. The summed E-state index contributed by atoms with van der Waals surface area (Å²) in [6.07, 6.45) is 2.93. The van der Waals surface area contributed by atoms with Crippen LogP contribution in [0.3, 0.4) is 0 Å². The molecule has 4 heteroatoms. The van der Waals surface area contributed by atoms with Gasteiger partial charge in [0.25, 0.3) is 5.91 Å². The molecule has 1 aliphatic rings. The third-order valence-electron chi connectivity index (χ3n) is 4.00. The van der Waals surface area contributed by atoms with Crippen LogP contribution in [0.4, 0.5) is 0 Å². The third kappa shape index (κ3) is 2.43. The summed E-state index contributed by atoms with van der Waals surface area (Å²) >= 11 is 0. The molecule has 0 aliphatic carbocycles. The normalized spacial score (nSPS) is 18.6. The highest BCUT2D eigenvalue weighted by Gasteiger charge is 2.23. The number of carbonyl (C=O) groups is 1. The van der Waals surface area contributed by atoms with Gasteiger partial charge in [-0.25, -0.2) is 0 Å². The standard InChI is InChI=1S/C16H20N2O2/c1-2-18(10-12-7-9-20-11-12)16(19)14-4-3-5-15-13(14)6-8-17-15/h3-6,8,12,17H,2,7,9-11H2,1H3. The first kappa shape index (κ1) is 13.2. The summed E-state index contributed by atoms with van der Waals surface area (Å²) in [5, 5.41) is 0.999. The van der Waals surface area contributed by atoms with E-state index in [0.717, 1.165) is 49.2 Å². The minimum absolute atomic E-state index is 0.115. The molecule has 3 rings (SSSR count). The van der Waals surface area contributed by atoms with Gasteiger partial charge in [-0.05, 0) is 31.5 Å². The molecule has 2 heterocycles. The van der Waals surface area contributed by atoms with Gasteiger partial charge in [-0.2, -0.15) is 0 Å². The van der Waals surface area contributed by atoms with Crippen LogP contribution in [0.15, 0.2) is 30.5 Å². The van der Waals surface area contributed by atoms with Gasteiger partial charge in [0, 0.05) is 48.3 Å². The third-order valence-corrected chi connectivity index (χ3v) is 4.00. The number of aromatic amines is 1. The average Bonchev–Trinajstić information content (AvgIpc) is 3.14. The molecule has 4 nitrogen and oxygen atoms in total. The molecule has 2 aromatic rings. The fourth-order valence-corrected chi connectivity index (χ4v) is 2.84. The van der Waals surface area contributed by atoms with Crippen molar-refractivity contribution in [3.63, 3.8) is 0 Å². The first-order valence-electron chi connectivity index (χ1n) is 7.22. The number of rotatable bonds is 4. The molecule has 106 valence electrons. The molecule has 1 atom stereocenters. The molecule has 1 aromatic heterocycles. The number of hydrogen-bond acceptors (Lipinski definition) is 2. The number of nitrogens with one attached hydrogen (secondary N) is 1. The van der Waals surface area contributed by atoms with Crippen molar-refractivity contribution >= 4 is 16.8 Å². The van der Waals surface area contributed by atoms with Crippen LogP contribution in [-0.2, 0) is 4.74 Å². The first-order chi connectivity index (χ1) is 9.79. The van der Waals surface area contributed by atoms with Crippen molar-refractivity contribution < 1.29 is 9.53 Å². The van der Waals surface area contributed by atoms with Gasteiger partial charge >= 0.3 is 0 Å². The highest BCUT2D eigenvalue weighted by atomic mass is 16.5. The summed E-state index contributed by atoms with van der Waals surface area (Å²) in [5.41, 5.74) is 1.79. The van der Waals surface area contributed by atoms with Crippen LogP contribution in [0.1, 0.15) is 23.7 Å². The van der Waals surface area contributed by atoms with E-state index in [0.29, 0.717) is 5.92 Å². The number of benzene rings is 1. The van der Waals surface area contributed by atoms with E-state index in [1.807, 2.05) is 42.3 Å². The Balaban J connectivity index is 1.83. The van der Waals surface area contributed by atoms with Gasteiger partial charge in [0.05, 0.1) is 6.61 Å². The Morgan fingerprint density at radius 2 is 2.35 bits per heavy atom. The molecule has 1 aliphatic heterocycles. The van der Waals surface area contributed by atoms with Gasteiger partial charge in [-0.1, -0.05) is 6.07 Å². The fourth-order valence-electron chi connectivity index (χ4n) is 2.84. The largest absolute Gasteiger partial charge is 0.381 e. The van der Waals surface area contributed by atoms with Crippen molar-refractivity contribution in [1.29, 1.82) is 0 Å². The minimum atomic E-state index is 0.115. The summed E-state index contributed by atoms with van der Waals surface area (Å²) in [6, 6.07) is 7.80. The number of carbonyl (C=O) groups excluding carboxylic acids is 1. The molecular weight excluding hydrogens is 252 g/mol. The molecule has 1 N–H and O–H groups in total. The van der Waals surface area contributed by atoms with Crippen molar-refractivity contribution in [2.45, 2.75) is 13.3 Å². The zero-order chi connectivity index (χ0) is 13.9. The minimum Gasteiger partial charge on any atom is -0.381 e. The maximum absolute atomic E-state index is 12.7. The number of fused-ring (bicyclic) bond motifs is 1. The number of ether oxygens (including phenoxy) is 1. The van der Waals surface area contributed by atoms with Crippen LogP contribution in [0.25, 0.3) is 10.9 Å². The summed E-state index contributed by atoms with van der Waals surface area (Å²) in [6.45, 7) is 5.15. The molecule has 1 saturated heterocycles. The second-order valence-corrected chi connectivity index (χ2v) is 5.32. The van der Waals surface area contributed by atoms with E-state index < -0.39 is 0 Å². The molecule has 1 unspecified atom stereocenters. The van der Waals surface area contributed by atoms with Gasteiger partial charge in [0.15, 0.2) is 0 Å². The van der Waals surface area contributed by atoms with Crippen molar-refractivity contribution in [2.75, 3.05) is 26.3 Å². The Kier molecular flexibility index (Phi) is 3.74. The van der Waals surface area contributed by atoms with Crippen LogP contribution < -0.4 is 0 Å². The lowest BCUT2D eigenvalue weighted by Gasteiger charge is -2.24. The quantitative estimate of drug-likeness (QED) is 0.930. The molecule has 20 heavy (non-hydrogen) atoms. The zero-order valence-electron chi connectivity index (χ0n) is 11.8. The Bertz CT molecular complexity index is 599. The summed E-state index contributed by atoms with van der Waals surface area (Å²) < 4.78 is 5.40. The van der Waals surface area contributed by atoms with Crippen LogP contribution in [0.5, 0.6) is 0 Å². The number of amides is 1. The molecule has 0 radical (unpaired) electrons. The highest BCUT2D eigenvalue weighted by molar-refractivity contribution is 6.06. The molecule has 0 spiro atoms. The highest BCUT2D eigenvalue weighted by Crippen LogP contribution is 2.21. The molecule has 0 bridgehead atoms.